The molecular weight excluding hydrogens is 324 g/mol. The summed E-state index contributed by atoms with van der Waals surface area (Å²) in [5, 5.41) is 11.1. The van der Waals surface area contributed by atoms with Crippen LogP contribution in [0.2, 0.25) is 0 Å². The van der Waals surface area contributed by atoms with Crippen molar-refractivity contribution in [3.63, 3.8) is 0 Å². The van der Waals surface area contributed by atoms with Gasteiger partial charge in [0, 0.05) is 23.8 Å². The van der Waals surface area contributed by atoms with Crippen molar-refractivity contribution in [1.29, 1.82) is 0 Å². The standard InChI is InChI=1S/C18H22N4O.ClH/c23-18(20-12-13-6-5-11-19-13)17-15-9-4-10-16(15)22(21-17)14-7-2-1-3-8-14;/h1-3,7-8,13,19H,4-6,9-12H2,(H,20,23);1H. The molecule has 1 saturated heterocycles. The van der Waals surface area contributed by atoms with Crippen molar-refractivity contribution in [2.45, 2.75) is 38.1 Å². The Morgan fingerprint density at radius 3 is 2.83 bits per heavy atom. The number of carbonyl (C=O) groups is 1. The normalized spacial score (nSPS) is 18.9. The molecular formula is C18H23ClN4O. The molecule has 128 valence electrons. The highest BCUT2D eigenvalue weighted by Gasteiger charge is 2.27. The molecule has 1 fully saturated rings. The Kier molecular flexibility index (Phi) is 5.21. The summed E-state index contributed by atoms with van der Waals surface area (Å²) >= 11 is 0. The van der Waals surface area contributed by atoms with Crippen molar-refractivity contribution in [2.75, 3.05) is 13.1 Å². The predicted octanol–water partition coefficient (Wildman–Crippen LogP) is 2.26. The van der Waals surface area contributed by atoms with Crippen LogP contribution in [0.4, 0.5) is 0 Å². The smallest absolute Gasteiger partial charge is 0.272 e. The highest BCUT2D eigenvalue weighted by Crippen LogP contribution is 2.27. The molecule has 1 aromatic carbocycles. The summed E-state index contributed by atoms with van der Waals surface area (Å²) < 4.78 is 1.95. The second-order valence-electron chi connectivity index (χ2n) is 6.38. The first-order valence-corrected chi connectivity index (χ1v) is 8.51. The molecule has 1 aliphatic carbocycles. The molecule has 5 nitrogen and oxygen atoms in total. The van der Waals surface area contributed by atoms with Gasteiger partial charge >= 0.3 is 0 Å². The third-order valence-corrected chi connectivity index (χ3v) is 4.82. The quantitative estimate of drug-likeness (QED) is 0.892. The second kappa shape index (κ2) is 7.36. The van der Waals surface area contributed by atoms with Crippen LogP contribution in [0.3, 0.4) is 0 Å². The molecule has 6 heteroatoms. The number of fused-ring (bicyclic) bond motifs is 1. The van der Waals surface area contributed by atoms with Crippen LogP contribution in [0.5, 0.6) is 0 Å². The van der Waals surface area contributed by atoms with Crippen LogP contribution in [0.15, 0.2) is 30.3 Å². The number of carbonyl (C=O) groups excluding carboxylic acids is 1. The van der Waals surface area contributed by atoms with Crippen molar-refractivity contribution in [2.24, 2.45) is 0 Å². The zero-order valence-corrected chi connectivity index (χ0v) is 14.4. The molecule has 1 unspecified atom stereocenters. The molecule has 1 amide bonds. The number of amides is 1. The Morgan fingerprint density at radius 1 is 1.25 bits per heavy atom. The van der Waals surface area contributed by atoms with Crippen LogP contribution in [0, 0.1) is 0 Å². The van der Waals surface area contributed by atoms with E-state index in [1.165, 1.54) is 12.1 Å². The lowest BCUT2D eigenvalue weighted by atomic mass is 10.2. The van der Waals surface area contributed by atoms with E-state index in [4.69, 9.17) is 0 Å². The fraction of sp³-hybridized carbons (Fsp3) is 0.444. The Hall–Kier alpha value is -1.85. The molecule has 1 aliphatic heterocycles. The van der Waals surface area contributed by atoms with Crippen molar-refractivity contribution >= 4 is 18.3 Å². The van der Waals surface area contributed by atoms with Crippen molar-refractivity contribution < 1.29 is 4.79 Å². The van der Waals surface area contributed by atoms with Gasteiger partial charge in [0.05, 0.1) is 5.69 Å². The van der Waals surface area contributed by atoms with Crippen molar-refractivity contribution in [3.8, 4) is 5.69 Å². The Bertz CT molecular complexity index is 707. The lowest BCUT2D eigenvalue weighted by Gasteiger charge is -2.10. The van der Waals surface area contributed by atoms with Gasteiger partial charge in [-0.3, -0.25) is 4.79 Å². The fourth-order valence-corrected chi connectivity index (χ4v) is 3.63. The van der Waals surface area contributed by atoms with Crippen LogP contribution in [0.25, 0.3) is 5.69 Å². The summed E-state index contributed by atoms with van der Waals surface area (Å²) in [5.74, 6) is -0.0356. The number of hydrogen-bond donors (Lipinski definition) is 2. The molecule has 2 aliphatic rings. The van der Waals surface area contributed by atoms with Gasteiger partial charge in [-0.25, -0.2) is 4.68 Å². The van der Waals surface area contributed by atoms with Gasteiger partial charge in [-0.2, -0.15) is 5.10 Å². The molecule has 0 spiro atoms. The Balaban J connectivity index is 0.00000169. The zero-order valence-electron chi connectivity index (χ0n) is 13.6. The van der Waals surface area contributed by atoms with E-state index < -0.39 is 0 Å². The first kappa shape index (κ1) is 17.0. The predicted molar refractivity (Wildman–Crippen MR) is 96.2 cm³/mol. The molecule has 2 aromatic rings. The van der Waals surface area contributed by atoms with Crippen LogP contribution in [-0.2, 0) is 12.8 Å². The summed E-state index contributed by atoms with van der Waals surface area (Å²) in [6.07, 6.45) is 5.38. The summed E-state index contributed by atoms with van der Waals surface area (Å²) in [6.45, 7) is 1.74. The van der Waals surface area contributed by atoms with Gasteiger partial charge in [-0.05, 0) is 50.8 Å². The minimum absolute atomic E-state index is 0. The molecule has 1 aromatic heterocycles. The van der Waals surface area contributed by atoms with E-state index in [1.54, 1.807) is 0 Å². The van der Waals surface area contributed by atoms with Crippen LogP contribution in [-0.4, -0.2) is 34.8 Å². The number of rotatable bonds is 4. The van der Waals surface area contributed by atoms with Crippen molar-refractivity contribution in [1.82, 2.24) is 20.4 Å². The van der Waals surface area contributed by atoms with Crippen molar-refractivity contribution in [3.05, 3.63) is 47.3 Å². The summed E-state index contributed by atoms with van der Waals surface area (Å²) in [5.41, 5.74) is 3.97. The van der Waals surface area contributed by atoms with E-state index in [0.29, 0.717) is 18.3 Å². The molecule has 2 heterocycles. The maximum absolute atomic E-state index is 12.6. The van der Waals surface area contributed by atoms with Gasteiger partial charge in [0.25, 0.3) is 5.91 Å². The van der Waals surface area contributed by atoms with E-state index in [9.17, 15) is 4.79 Å². The average molecular weight is 347 g/mol. The molecule has 0 saturated carbocycles. The van der Waals surface area contributed by atoms with Crippen LogP contribution in [0.1, 0.15) is 41.0 Å². The fourth-order valence-electron chi connectivity index (χ4n) is 3.63. The molecule has 24 heavy (non-hydrogen) atoms. The molecule has 0 radical (unpaired) electrons. The largest absolute Gasteiger partial charge is 0.349 e. The Labute approximate surface area is 148 Å². The third-order valence-electron chi connectivity index (χ3n) is 4.82. The highest BCUT2D eigenvalue weighted by atomic mass is 35.5. The van der Waals surface area contributed by atoms with Gasteiger partial charge in [0.2, 0.25) is 0 Å². The van der Waals surface area contributed by atoms with Crippen LogP contribution >= 0.6 is 12.4 Å². The highest BCUT2D eigenvalue weighted by molar-refractivity contribution is 5.94. The van der Waals surface area contributed by atoms with E-state index >= 15 is 0 Å². The zero-order chi connectivity index (χ0) is 15.6. The minimum atomic E-state index is -0.0356. The summed E-state index contributed by atoms with van der Waals surface area (Å²) in [6, 6.07) is 10.5. The van der Waals surface area contributed by atoms with E-state index in [0.717, 1.165) is 43.5 Å². The lowest BCUT2D eigenvalue weighted by Crippen LogP contribution is -2.37. The number of benzene rings is 1. The Morgan fingerprint density at radius 2 is 2.08 bits per heavy atom. The SMILES string of the molecule is Cl.O=C(NCC1CCCN1)c1nn(-c2ccccc2)c2c1CCC2. The molecule has 0 bridgehead atoms. The third kappa shape index (κ3) is 3.19. The van der Waals surface area contributed by atoms with Gasteiger partial charge in [-0.1, -0.05) is 18.2 Å². The first-order valence-electron chi connectivity index (χ1n) is 8.51. The average Bonchev–Trinajstić information content (AvgIpc) is 3.30. The van der Waals surface area contributed by atoms with Gasteiger partial charge in [-0.15, -0.1) is 12.4 Å². The second-order valence-corrected chi connectivity index (χ2v) is 6.38. The minimum Gasteiger partial charge on any atom is -0.349 e. The van der Waals surface area contributed by atoms with Crippen LogP contribution < -0.4 is 10.6 Å². The molecule has 4 rings (SSSR count). The maximum Gasteiger partial charge on any atom is 0.272 e. The summed E-state index contributed by atoms with van der Waals surface area (Å²) in [4.78, 5) is 12.6. The number of aromatic nitrogens is 2. The van der Waals surface area contributed by atoms with Gasteiger partial charge in [0.1, 0.15) is 0 Å². The number of nitrogens with zero attached hydrogens (tertiary/aromatic N) is 2. The molecule has 1 atom stereocenters. The van der Waals surface area contributed by atoms with Gasteiger partial charge in [0.15, 0.2) is 5.69 Å². The van der Waals surface area contributed by atoms with E-state index in [2.05, 4.69) is 15.7 Å². The first-order chi connectivity index (χ1) is 11.3. The number of nitrogens with one attached hydrogen (secondary N) is 2. The monoisotopic (exact) mass is 346 g/mol. The van der Waals surface area contributed by atoms with Gasteiger partial charge < -0.3 is 10.6 Å². The number of hydrogen-bond acceptors (Lipinski definition) is 3. The topological polar surface area (TPSA) is 59.0 Å². The molecule has 2 N–H and O–H groups in total. The maximum atomic E-state index is 12.6. The number of para-hydroxylation sites is 1. The summed E-state index contributed by atoms with van der Waals surface area (Å²) in [7, 11) is 0. The number of halogens is 1. The lowest BCUT2D eigenvalue weighted by molar-refractivity contribution is 0.0944. The van der Waals surface area contributed by atoms with E-state index in [-0.39, 0.29) is 18.3 Å². The van der Waals surface area contributed by atoms with E-state index in [1.807, 2.05) is 35.0 Å².